The predicted octanol–water partition coefficient (Wildman–Crippen LogP) is -0.827. The highest BCUT2D eigenvalue weighted by Gasteiger charge is 2.15. The topological polar surface area (TPSA) is 58.6 Å². The lowest BCUT2D eigenvalue weighted by Crippen LogP contribution is -2.48. The first-order valence-electron chi connectivity index (χ1n) is 3.97. The molecule has 0 unspecified atom stereocenters. The van der Waals surface area contributed by atoms with Crippen LogP contribution in [0, 0.1) is 0 Å². The molecule has 0 aromatic rings. The van der Waals surface area contributed by atoms with Gasteiger partial charge >= 0.3 is 0 Å². The number of hydrogen-bond acceptors (Lipinski definition) is 4. The molecule has 1 fully saturated rings. The predicted molar refractivity (Wildman–Crippen MR) is 45.0 cm³/mol. The van der Waals surface area contributed by atoms with E-state index in [2.05, 4.69) is 4.83 Å². The largest absolute Gasteiger partial charge is 0.379 e. The first kappa shape index (κ1) is 9.91. The SMILES string of the molecule is CCS(=O)(=O)NN1CCOCC1. The van der Waals surface area contributed by atoms with E-state index < -0.39 is 10.0 Å². The fraction of sp³-hybridized carbons (Fsp3) is 1.00. The van der Waals surface area contributed by atoms with Crippen molar-refractivity contribution >= 4 is 10.0 Å². The first-order chi connectivity index (χ1) is 5.64. The lowest BCUT2D eigenvalue weighted by Gasteiger charge is -2.26. The van der Waals surface area contributed by atoms with E-state index in [1.165, 1.54) is 0 Å². The van der Waals surface area contributed by atoms with Crippen LogP contribution in [0.5, 0.6) is 0 Å². The summed E-state index contributed by atoms with van der Waals surface area (Å²) in [5.41, 5.74) is 0. The van der Waals surface area contributed by atoms with E-state index >= 15 is 0 Å². The molecule has 1 saturated heterocycles. The molecular weight excluding hydrogens is 180 g/mol. The number of sulfonamides is 1. The standard InChI is InChI=1S/C6H14N2O3S/c1-2-12(9,10)7-8-3-5-11-6-4-8/h7H,2-6H2,1H3. The van der Waals surface area contributed by atoms with E-state index in [-0.39, 0.29) is 5.75 Å². The Morgan fingerprint density at radius 3 is 2.50 bits per heavy atom. The Balaban J connectivity index is 2.39. The third-order valence-electron chi connectivity index (χ3n) is 1.66. The van der Waals surface area contributed by atoms with E-state index in [4.69, 9.17) is 4.74 Å². The highest BCUT2D eigenvalue weighted by atomic mass is 32.2. The molecule has 0 atom stereocenters. The fourth-order valence-electron chi connectivity index (χ4n) is 0.916. The van der Waals surface area contributed by atoms with Crippen molar-refractivity contribution in [3.8, 4) is 0 Å². The zero-order valence-electron chi connectivity index (χ0n) is 7.12. The first-order valence-corrected chi connectivity index (χ1v) is 5.62. The number of nitrogens with one attached hydrogen (secondary N) is 1. The zero-order valence-corrected chi connectivity index (χ0v) is 7.93. The van der Waals surface area contributed by atoms with Gasteiger partial charge in [0, 0.05) is 13.1 Å². The van der Waals surface area contributed by atoms with Crippen molar-refractivity contribution in [3.63, 3.8) is 0 Å². The second kappa shape index (κ2) is 4.18. The summed E-state index contributed by atoms with van der Waals surface area (Å²) in [6, 6.07) is 0. The van der Waals surface area contributed by atoms with E-state index in [1.54, 1.807) is 11.9 Å². The minimum Gasteiger partial charge on any atom is -0.379 e. The summed E-state index contributed by atoms with van der Waals surface area (Å²) in [4.78, 5) is 2.47. The van der Waals surface area contributed by atoms with Gasteiger partial charge < -0.3 is 4.74 Å². The molecule has 5 nitrogen and oxygen atoms in total. The van der Waals surface area contributed by atoms with E-state index in [9.17, 15) is 8.42 Å². The molecule has 0 aromatic carbocycles. The molecule has 12 heavy (non-hydrogen) atoms. The maximum Gasteiger partial charge on any atom is 0.224 e. The number of morpholine rings is 1. The molecule has 1 heterocycles. The maximum absolute atomic E-state index is 11.1. The molecule has 0 radical (unpaired) electrons. The summed E-state index contributed by atoms with van der Waals surface area (Å²) in [5, 5.41) is 1.67. The Hall–Kier alpha value is -0.170. The van der Waals surface area contributed by atoms with Gasteiger partial charge in [0.05, 0.1) is 19.0 Å². The molecule has 0 saturated carbocycles. The average Bonchev–Trinajstić information content (AvgIpc) is 2.06. The Morgan fingerprint density at radius 2 is 2.00 bits per heavy atom. The van der Waals surface area contributed by atoms with Crippen molar-refractivity contribution in [2.75, 3.05) is 32.1 Å². The molecule has 1 aliphatic heterocycles. The van der Waals surface area contributed by atoms with Crippen LogP contribution in [0.4, 0.5) is 0 Å². The van der Waals surface area contributed by atoms with Crippen molar-refractivity contribution in [3.05, 3.63) is 0 Å². The van der Waals surface area contributed by atoms with Crippen LogP contribution in [0.1, 0.15) is 6.92 Å². The smallest absolute Gasteiger partial charge is 0.224 e. The molecule has 0 amide bonds. The molecule has 0 spiro atoms. The van der Waals surface area contributed by atoms with Crippen molar-refractivity contribution in [2.24, 2.45) is 0 Å². The van der Waals surface area contributed by atoms with Gasteiger partial charge in [-0.1, -0.05) is 0 Å². The molecule has 1 N–H and O–H groups in total. The van der Waals surface area contributed by atoms with Crippen LogP contribution in [-0.2, 0) is 14.8 Å². The minimum atomic E-state index is -3.10. The highest BCUT2D eigenvalue weighted by Crippen LogP contribution is 1.94. The highest BCUT2D eigenvalue weighted by molar-refractivity contribution is 7.89. The number of hydrogen-bond donors (Lipinski definition) is 1. The molecular formula is C6H14N2O3S. The second-order valence-electron chi connectivity index (χ2n) is 2.59. The van der Waals surface area contributed by atoms with Gasteiger partial charge in [-0.25, -0.2) is 13.4 Å². The number of nitrogens with zero attached hydrogens (tertiary/aromatic N) is 1. The van der Waals surface area contributed by atoms with Gasteiger partial charge in [0.15, 0.2) is 0 Å². The molecule has 0 aliphatic carbocycles. The Kier molecular flexibility index (Phi) is 3.45. The monoisotopic (exact) mass is 194 g/mol. The van der Waals surface area contributed by atoms with Gasteiger partial charge in [-0.2, -0.15) is 0 Å². The molecule has 0 bridgehead atoms. The summed E-state index contributed by atoms with van der Waals surface area (Å²) in [7, 11) is -3.10. The fourth-order valence-corrected chi connectivity index (χ4v) is 1.62. The van der Waals surface area contributed by atoms with E-state index in [0.29, 0.717) is 26.3 Å². The number of rotatable bonds is 3. The Bertz CT molecular complexity index is 221. The summed E-state index contributed by atoms with van der Waals surface area (Å²) in [6.45, 7) is 4.04. The van der Waals surface area contributed by atoms with Gasteiger partial charge in [-0.05, 0) is 6.92 Å². The third kappa shape index (κ3) is 3.06. The van der Waals surface area contributed by atoms with Gasteiger partial charge in [-0.3, -0.25) is 0 Å². The van der Waals surface area contributed by atoms with Crippen molar-refractivity contribution in [2.45, 2.75) is 6.92 Å². The van der Waals surface area contributed by atoms with Gasteiger partial charge in [0.25, 0.3) is 0 Å². The van der Waals surface area contributed by atoms with Crippen LogP contribution in [0.25, 0.3) is 0 Å². The number of ether oxygens (including phenoxy) is 1. The molecule has 1 aliphatic rings. The zero-order chi connectivity index (χ0) is 9.03. The lowest BCUT2D eigenvalue weighted by atomic mass is 10.5. The molecule has 6 heteroatoms. The van der Waals surface area contributed by atoms with Gasteiger partial charge in [0.1, 0.15) is 0 Å². The molecule has 0 aromatic heterocycles. The van der Waals surface area contributed by atoms with Crippen molar-refractivity contribution in [1.29, 1.82) is 0 Å². The normalized spacial score (nSPS) is 21.1. The van der Waals surface area contributed by atoms with Crippen LogP contribution >= 0.6 is 0 Å². The van der Waals surface area contributed by atoms with Crippen LogP contribution in [-0.4, -0.2) is 45.5 Å². The molecule has 1 rings (SSSR count). The van der Waals surface area contributed by atoms with Crippen LogP contribution in [0.15, 0.2) is 0 Å². The summed E-state index contributed by atoms with van der Waals surface area (Å²) in [6.07, 6.45) is 0. The Labute approximate surface area is 72.7 Å². The summed E-state index contributed by atoms with van der Waals surface area (Å²) in [5.74, 6) is 0.115. The Morgan fingerprint density at radius 1 is 1.42 bits per heavy atom. The van der Waals surface area contributed by atoms with E-state index in [1.807, 2.05) is 0 Å². The summed E-state index contributed by atoms with van der Waals surface area (Å²) < 4.78 is 27.2. The third-order valence-corrected chi connectivity index (χ3v) is 2.96. The van der Waals surface area contributed by atoms with Crippen LogP contribution in [0.2, 0.25) is 0 Å². The van der Waals surface area contributed by atoms with Crippen molar-refractivity contribution < 1.29 is 13.2 Å². The lowest BCUT2D eigenvalue weighted by molar-refractivity contribution is 0.0272. The van der Waals surface area contributed by atoms with Gasteiger partial charge in [0.2, 0.25) is 10.0 Å². The van der Waals surface area contributed by atoms with Crippen LogP contribution < -0.4 is 4.83 Å². The van der Waals surface area contributed by atoms with E-state index in [0.717, 1.165) is 0 Å². The average molecular weight is 194 g/mol. The van der Waals surface area contributed by atoms with Crippen LogP contribution in [0.3, 0.4) is 0 Å². The maximum atomic E-state index is 11.1. The van der Waals surface area contributed by atoms with Crippen molar-refractivity contribution in [1.82, 2.24) is 9.84 Å². The number of hydrazine groups is 1. The summed E-state index contributed by atoms with van der Waals surface area (Å²) >= 11 is 0. The second-order valence-corrected chi connectivity index (χ2v) is 4.58. The quantitative estimate of drug-likeness (QED) is 0.637. The van der Waals surface area contributed by atoms with Gasteiger partial charge in [-0.15, -0.1) is 4.83 Å². The molecule has 72 valence electrons. The minimum absolute atomic E-state index is 0.115.